The van der Waals surface area contributed by atoms with Crippen molar-refractivity contribution in [3.8, 4) is 17.3 Å². The highest BCUT2D eigenvalue weighted by molar-refractivity contribution is 5.87. The summed E-state index contributed by atoms with van der Waals surface area (Å²) >= 11 is 0. The van der Waals surface area contributed by atoms with Crippen LogP contribution in [-0.4, -0.2) is 96.3 Å². The van der Waals surface area contributed by atoms with E-state index in [2.05, 4.69) is 29.9 Å². The van der Waals surface area contributed by atoms with E-state index >= 15 is 0 Å². The van der Waals surface area contributed by atoms with Crippen molar-refractivity contribution in [2.45, 2.75) is 12.6 Å². The summed E-state index contributed by atoms with van der Waals surface area (Å²) < 4.78 is 14.4. The molecule has 0 aliphatic carbocycles. The molecule has 1 saturated heterocycles. The molecule has 1 aromatic carbocycles. The lowest BCUT2D eigenvalue weighted by Gasteiger charge is -2.36. The summed E-state index contributed by atoms with van der Waals surface area (Å²) in [7, 11) is 0. The van der Waals surface area contributed by atoms with Crippen LogP contribution in [0.1, 0.15) is 0 Å². The Bertz CT molecular complexity index is 1510. The molecule has 0 amide bonds. The molecule has 1 atom stereocenters. The van der Waals surface area contributed by atoms with E-state index in [0.717, 1.165) is 45.0 Å². The topological polar surface area (TPSA) is 156 Å². The van der Waals surface area contributed by atoms with E-state index in [-0.39, 0.29) is 19.2 Å². The number of fused-ring (bicyclic) bond motifs is 3. The minimum absolute atomic E-state index is 0.0681. The van der Waals surface area contributed by atoms with Crippen molar-refractivity contribution in [3.05, 3.63) is 49.0 Å². The molecule has 4 N–H and O–H groups in total. The molecule has 0 bridgehead atoms. The Morgan fingerprint density at radius 1 is 1.03 bits per heavy atom. The van der Waals surface area contributed by atoms with Crippen LogP contribution in [0.25, 0.3) is 28.4 Å². The first-order chi connectivity index (χ1) is 18.6. The minimum atomic E-state index is -0.875. The number of hydrogen-bond donors (Lipinski definition) is 3. The fourth-order valence-corrected chi connectivity index (χ4v) is 4.58. The Morgan fingerprint density at radius 2 is 1.84 bits per heavy atom. The Hall–Kier alpha value is -4.20. The summed E-state index contributed by atoms with van der Waals surface area (Å²) in [5.41, 5.74) is 9.21. The number of imidazole rings is 1. The second kappa shape index (κ2) is 10.3. The molecule has 198 valence electrons. The van der Waals surface area contributed by atoms with Gasteiger partial charge in [-0.2, -0.15) is 9.50 Å². The predicted octanol–water partition coefficient (Wildman–Crippen LogP) is 0.870. The second-order valence-electron chi connectivity index (χ2n) is 9.20. The van der Waals surface area contributed by atoms with E-state index in [9.17, 15) is 5.11 Å². The third-order valence-electron chi connectivity index (χ3n) is 6.69. The monoisotopic (exact) mass is 519 g/mol. The lowest BCUT2D eigenvalue weighted by atomic mass is 10.2. The standard InChI is InChI=1S/C25H29N9O4/c26-25-29-23-21(24-28-22(30-34(24)25)20-2-1-13-37-20)27-16-33(23)12-9-31-7-10-32(11-8-31)17-3-5-19(6-4-17)38-15-18(36)14-35/h1-6,13,16,18,35-36H,7-12,14-15H2,(H2,26,29). The number of nitrogen functional groups attached to an aromatic ring is 1. The van der Waals surface area contributed by atoms with E-state index in [1.807, 2.05) is 28.8 Å². The average Bonchev–Trinajstić information content (AvgIpc) is 3.71. The number of piperazine rings is 1. The zero-order chi connectivity index (χ0) is 26.1. The fourth-order valence-electron chi connectivity index (χ4n) is 4.58. The van der Waals surface area contributed by atoms with Crippen LogP contribution in [-0.2, 0) is 6.54 Å². The SMILES string of the molecule is Nc1nc2c(ncn2CCN2CCN(c3ccc(OCC(O)CO)cc3)CC2)c2nc(-c3ccco3)nn12. The van der Waals surface area contributed by atoms with Gasteiger partial charge in [0.05, 0.1) is 19.2 Å². The van der Waals surface area contributed by atoms with E-state index in [4.69, 9.17) is 20.0 Å². The van der Waals surface area contributed by atoms with Crippen LogP contribution >= 0.6 is 0 Å². The molecule has 0 radical (unpaired) electrons. The van der Waals surface area contributed by atoms with Gasteiger partial charge in [-0.15, -0.1) is 5.10 Å². The number of hydrogen-bond acceptors (Lipinski definition) is 11. The number of benzene rings is 1. The zero-order valence-electron chi connectivity index (χ0n) is 20.7. The van der Waals surface area contributed by atoms with Crippen LogP contribution < -0.4 is 15.4 Å². The molecular weight excluding hydrogens is 490 g/mol. The molecular formula is C25H29N9O4. The van der Waals surface area contributed by atoms with E-state index in [1.165, 1.54) is 4.52 Å². The van der Waals surface area contributed by atoms with Gasteiger partial charge >= 0.3 is 0 Å². The smallest absolute Gasteiger partial charge is 0.225 e. The summed E-state index contributed by atoms with van der Waals surface area (Å²) in [6.45, 7) is 5.03. The molecule has 1 fully saturated rings. The quantitative estimate of drug-likeness (QED) is 0.254. The number of nitrogens with two attached hydrogens (primary N) is 1. The van der Waals surface area contributed by atoms with Crippen LogP contribution in [0, 0.1) is 0 Å². The second-order valence-corrected chi connectivity index (χ2v) is 9.20. The maximum Gasteiger partial charge on any atom is 0.225 e. The van der Waals surface area contributed by atoms with Gasteiger partial charge in [0.1, 0.15) is 18.5 Å². The maximum absolute atomic E-state index is 9.44. The van der Waals surface area contributed by atoms with E-state index in [1.54, 1.807) is 24.7 Å². The molecule has 1 unspecified atom stereocenters. The minimum Gasteiger partial charge on any atom is -0.491 e. The highest BCUT2D eigenvalue weighted by atomic mass is 16.5. The fraction of sp³-hybridized carbons (Fsp3) is 0.360. The van der Waals surface area contributed by atoms with Crippen LogP contribution in [0.15, 0.2) is 53.4 Å². The summed E-state index contributed by atoms with van der Waals surface area (Å²) in [6, 6.07) is 11.4. The molecule has 4 aromatic heterocycles. The number of aromatic nitrogens is 6. The Kier molecular flexibility index (Phi) is 6.54. The normalized spacial score (nSPS) is 15.5. The molecule has 5 heterocycles. The van der Waals surface area contributed by atoms with Gasteiger partial charge in [-0.1, -0.05) is 0 Å². The first-order valence-electron chi connectivity index (χ1n) is 12.5. The van der Waals surface area contributed by atoms with Gasteiger partial charge < -0.3 is 34.6 Å². The molecule has 0 saturated carbocycles. The van der Waals surface area contributed by atoms with Crippen molar-refractivity contribution < 1.29 is 19.4 Å². The summed E-state index contributed by atoms with van der Waals surface area (Å²) in [5.74, 6) is 1.91. The molecule has 1 aliphatic heterocycles. The van der Waals surface area contributed by atoms with E-state index in [0.29, 0.717) is 34.1 Å². The molecule has 13 heteroatoms. The van der Waals surface area contributed by atoms with Crippen molar-refractivity contribution >= 4 is 28.4 Å². The Morgan fingerprint density at radius 3 is 2.58 bits per heavy atom. The first-order valence-corrected chi connectivity index (χ1v) is 12.5. The zero-order valence-corrected chi connectivity index (χ0v) is 20.7. The summed E-state index contributed by atoms with van der Waals surface area (Å²) in [6.07, 6.45) is 2.48. The van der Waals surface area contributed by atoms with Crippen molar-refractivity contribution in [3.63, 3.8) is 0 Å². The number of aliphatic hydroxyl groups is 2. The maximum atomic E-state index is 9.44. The third kappa shape index (κ3) is 4.74. The van der Waals surface area contributed by atoms with Crippen molar-refractivity contribution in [2.75, 3.05) is 56.6 Å². The van der Waals surface area contributed by atoms with Crippen molar-refractivity contribution in [1.82, 2.24) is 34.0 Å². The van der Waals surface area contributed by atoms with Gasteiger partial charge in [-0.05, 0) is 36.4 Å². The van der Waals surface area contributed by atoms with Crippen LogP contribution in [0.4, 0.5) is 11.6 Å². The molecule has 38 heavy (non-hydrogen) atoms. The van der Waals surface area contributed by atoms with Crippen molar-refractivity contribution in [1.29, 1.82) is 0 Å². The Balaban J connectivity index is 1.07. The largest absolute Gasteiger partial charge is 0.491 e. The molecule has 0 spiro atoms. The van der Waals surface area contributed by atoms with Gasteiger partial charge in [-0.25, -0.2) is 9.97 Å². The van der Waals surface area contributed by atoms with Gasteiger partial charge in [-0.3, -0.25) is 4.90 Å². The molecule has 13 nitrogen and oxygen atoms in total. The average molecular weight is 520 g/mol. The number of anilines is 2. The number of furan rings is 1. The molecule has 5 aromatic rings. The van der Waals surface area contributed by atoms with Crippen LogP contribution in [0.5, 0.6) is 5.75 Å². The predicted molar refractivity (Wildman–Crippen MR) is 140 cm³/mol. The van der Waals surface area contributed by atoms with Gasteiger partial charge in [0.15, 0.2) is 22.6 Å². The van der Waals surface area contributed by atoms with Gasteiger partial charge in [0.2, 0.25) is 11.8 Å². The Labute approximate surface area is 217 Å². The summed E-state index contributed by atoms with van der Waals surface area (Å²) in [5, 5.41) is 22.8. The number of rotatable bonds is 9. The van der Waals surface area contributed by atoms with E-state index < -0.39 is 6.10 Å². The van der Waals surface area contributed by atoms with Crippen molar-refractivity contribution in [2.24, 2.45) is 0 Å². The third-order valence-corrected chi connectivity index (χ3v) is 6.69. The highest BCUT2D eigenvalue weighted by Gasteiger charge is 2.20. The number of ether oxygens (including phenoxy) is 1. The van der Waals surface area contributed by atoms with Crippen LogP contribution in [0.3, 0.4) is 0 Å². The summed E-state index contributed by atoms with van der Waals surface area (Å²) in [4.78, 5) is 18.5. The lowest BCUT2D eigenvalue weighted by molar-refractivity contribution is 0.0536. The van der Waals surface area contributed by atoms with Gasteiger partial charge in [0.25, 0.3) is 0 Å². The first kappa shape index (κ1) is 24.2. The lowest BCUT2D eigenvalue weighted by Crippen LogP contribution is -2.47. The highest BCUT2D eigenvalue weighted by Crippen LogP contribution is 2.24. The van der Waals surface area contributed by atoms with Gasteiger partial charge in [0, 0.05) is 45.0 Å². The molecule has 6 rings (SSSR count). The van der Waals surface area contributed by atoms with Crippen LogP contribution in [0.2, 0.25) is 0 Å². The number of nitrogens with zero attached hydrogens (tertiary/aromatic N) is 8. The number of aliphatic hydroxyl groups excluding tert-OH is 2. The molecule has 1 aliphatic rings.